The van der Waals surface area contributed by atoms with Crippen LogP contribution < -0.4 is 15.0 Å². The molecule has 3 heterocycles. The smallest absolute Gasteiger partial charge is 0.259 e. The van der Waals surface area contributed by atoms with Crippen molar-refractivity contribution < 1.29 is 18.7 Å². The van der Waals surface area contributed by atoms with Crippen LogP contribution in [0, 0.1) is 12.7 Å². The summed E-state index contributed by atoms with van der Waals surface area (Å²) in [6, 6.07) is 11.2. The third-order valence-electron chi connectivity index (χ3n) is 5.94. The Hall–Kier alpha value is -5.06. The number of fused-ring (bicyclic) bond motifs is 1. The van der Waals surface area contributed by atoms with Gasteiger partial charge in [-0.2, -0.15) is 5.10 Å². The summed E-state index contributed by atoms with van der Waals surface area (Å²) in [5, 5.41) is 9.06. The van der Waals surface area contributed by atoms with E-state index in [9.17, 15) is 14.0 Å². The summed E-state index contributed by atoms with van der Waals surface area (Å²) in [5.41, 5.74) is 4.29. The molecule has 2 amide bonds. The monoisotopic (exact) mass is 499 g/mol. The molecular formula is C26H22FN7O3. The fourth-order valence-electron chi connectivity index (χ4n) is 3.95. The maximum absolute atomic E-state index is 13.8. The van der Waals surface area contributed by atoms with Crippen molar-refractivity contribution in [3.8, 4) is 11.4 Å². The first-order chi connectivity index (χ1) is 17.9. The number of nitrogens with zero attached hydrogens (tertiary/aromatic N) is 5. The first-order valence-corrected chi connectivity index (χ1v) is 11.2. The molecule has 0 aliphatic rings. The number of carbonyl (C=O) groups excluding carboxylic acids is 2. The van der Waals surface area contributed by atoms with Crippen molar-refractivity contribution in [3.05, 3.63) is 89.9 Å². The number of aromatic amines is 1. The van der Waals surface area contributed by atoms with E-state index < -0.39 is 5.82 Å². The van der Waals surface area contributed by atoms with Gasteiger partial charge < -0.3 is 15.0 Å². The fraction of sp³-hybridized carbons (Fsp3) is 0.115. The summed E-state index contributed by atoms with van der Waals surface area (Å²) >= 11 is 0. The van der Waals surface area contributed by atoms with Crippen LogP contribution in [-0.4, -0.2) is 50.7 Å². The van der Waals surface area contributed by atoms with Gasteiger partial charge in [0.15, 0.2) is 11.6 Å². The Morgan fingerprint density at radius 3 is 2.62 bits per heavy atom. The van der Waals surface area contributed by atoms with Crippen LogP contribution in [-0.2, 0) is 0 Å². The van der Waals surface area contributed by atoms with E-state index in [-0.39, 0.29) is 17.6 Å². The molecule has 0 saturated heterocycles. The lowest BCUT2D eigenvalue weighted by molar-refractivity contribution is 0.0991. The normalized spacial score (nSPS) is 10.9. The Morgan fingerprint density at radius 1 is 1.08 bits per heavy atom. The predicted molar refractivity (Wildman–Crippen MR) is 136 cm³/mol. The highest BCUT2D eigenvalue weighted by molar-refractivity contribution is 6.08. The first kappa shape index (κ1) is 23.7. The van der Waals surface area contributed by atoms with Crippen molar-refractivity contribution in [2.75, 3.05) is 24.4 Å². The van der Waals surface area contributed by atoms with Crippen molar-refractivity contribution in [2.24, 2.45) is 0 Å². The quantitative estimate of drug-likeness (QED) is 0.363. The second kappa shape index (κ2) is 9.53. The molecule has 11 heteroatoms. The molecule has 0 saturated carbocycles. The minimum absolute atomic E-state index is 0.0544. The SMILES string of the molecule is COc1cc(N(C)C(=O)c2cc(C)c3ncn(-c4ccc(NC(=O)c5cn[nH]c5)nc4)c3c2)ccc1F. The molecule has 0 bridgehead atoms. The minimum Gasteiger partial charge on any atom is -0.494 e. The van der Waals surface area contributed by atoms with Gasteiger partial charge in [0.1, 0.15) is 12.1 Å². The van der Waals surface area contributed by atoms with Crippen LogP contribution in [0.15, 0.2) is 67.4 Å². The third kappa shape index (κ3) is 4.49. The number of hydrogen-bond acceptors (Lipinski definition) is 6. The van der Waals surface area contributed by atoms with Gasteiger partial charge in [0.2, 0.25) is 0 Å². The van der Waals surface area contributed by atoms with Gasteiger partial charge in [0.25, 0.3) is 11.8 Å². The molecule has 0 fully saturated rings. The average Bonchev–Trinajstić information content (AvgIpc) is 3.60. The van der Waals surface area contributed by atoms with E-state index in [0.717, 1.165) is 11.1 Å². The number of anilines is 2. The molecule has 5 rings (SSSR count). The first-order valence-electron chi connectivity index (χ1n) is 11.2. The fourth-order valence-corrected chi connectivity index (χ4v) is 3.95. The second-order valence-corrected chi connectivity index (χ2v) is 8.30. The topological polar surface area (TPSA) is 118 Å². The number of nitrogens with one attached hydrogen (secondary N) is 2. The average molecular weight is 500 g/mol. The van der Waals surface area contributed by atoms with Crippen LogP contribution in [0.3, 0.4) is 0 Å². The lowest BCUT2D eigenvalue weighted by atomic mass is 10.1. The van der Waals surface area contributed by atoms with Crippen LogP contribution >= 0.6 is 0 Å². The van der Waals surface area contributed by atoms with Gasteiger partial charge in [-0.3, -0.25) is 19.3 Å². The Kier molecular flexibility index (Phi) is 6.10. The second-order valence-electron chi connectivity index (χ2n) is 8.30. The number of methoxy groups -OCH3 is 1. The van der Waals surface area contributed by atoms with Crippen LogP contribution in [0.4, 0.5) is 15.9 Å². The van der Waals surface area contributed by atoms with E-state index in [1.165, 1.54) is 42.6 Å². The molecule has 2 aromatic carbocycles. The molecule has 10 nitrogen and oxygen atoms in total. The zero-order chi connectivity index (χ0) is 26.1. The number of aromatic nitrogens is 5. The lowest BCUT2D eigenvalue weighted by Gasteiger charge is -2.19. The number of carbonyl (C=O) groups is 2. The van der Waals surface area contributed by atoms with Crippen molar-refractivity contribution in [1.29, 1.82) is 0 Å². The standard InChI is InChI=1S/C26H22FN7O3/c1-15-8-16(26(36)33(2)18-4-6-20(27)22(10-18)37-3)9-21-24(15)29-14-34(21)19-5-7-23(28-13-19)32-25(35)17-11-30-31-12-17/h4-14H,1-3H3,(H,30,31)(H,28,32,35). The van der Waals surface area contributed by atoms with Crippen LogP contribution in [0.25, 0.3) is 16.7 Å². The lowest BCUT2D eigenvalue weighted by Crippen LogP contribution is -2.26. The molecule has 2 N–H and O–H groups in total. The van der Waals surface area contributed by atoms with Gasteiger partial charge in [0, 0.05) is 30.6 Å². The van der Waals surface area contributed by atoms with Gasteiger partial charge >= 0.3 is 0 Å². The molecule has 3 aromatic heterocycles. The van der Waals surface area contributed by atoms with Crippen molar-refractivity contribution in [2.45, 2.75) is 6.92 Å². The van der Waals surface area contributed by atoms with Crippen LogP contribution in [0.1, 0.15) is 26.3 Å². The highest BCUT2D eigenvalue weighted by atomic mass is 19.1. The van der Waals surface area contributed by atoms with Gasteiger partial charge in [-0.15, -0.1) is 0 Å². The molecular weight excluding hydrogens is 477 g/mol. The highest BCUT2D eigenvalue weighted by Crippen LogP contribution is 2.27. The summed E-state index contributed by atoms with van der Waals surface area (Å²) in [7, 11) is 2.99. The number of hydrogen-bond donors (Lipinski definition) is 2. The van der Waals surface area contributed by atoms with Crippen LogP contribution in [0.5, 0.6) is 5.75 Å². The Bertz CT molecular complexity index is 1610. The zero-order valence-corrected chi connectivity index (χ0v) is 20.2. The maximum Gasteiger partial charge on any atom is 0.259 e. The van der Waals surface area contributed by atoms with Gasteiger partial charge in [0.05, 0.1) is 41.8 Å². The molecule has 5 aromatic rings. The highest BCUT2D eigenvalue weighted by Gasteiger charge is 2.19. The summed E-state index contributed by atoms with van der Waals surface area (Å²) in [4.78, 5) is 35.8. The summed E-state index contributed by atoms with van der Waals surface area (Å²) in [5.74, 6) is -0.680. The van der Waals surface area contributed by atoms with Gasteiger partial charge in [-0.25, -0.2) is 14.4 Å². The summed E-state index contributed by atoms with van der Waals surface area (Å²) in [6.45, 7) is 1.88. The number of rotatable bonds is 6. The Balaban J connectivity index is 1.44. The summed E-state index contributed by atoms with van der Waals surface area (Å²) in [6.07, 6.45) is 6.17. The third-order valence-corrected chi connectivity index (χ3v) is 5.94. The molecule has 186 valence electrons. The van der Waals surface area contributed by atoms with Crippen LogP contribution in [0.2, 0.25) is 0 Å². The van der Waals surface area contributed by atoms with E-state index in [1.807, 2.05) is 11.5 Å². The van der Waals surface area contributed by atoms with Crippen molar-refractivity contribution >= 4 is 34.4 Å². The number of halogens is 1. The van der Waals surface area contributed by atoms with E-state index in [0.29, 0.717) is 33.8 Å². The number of imidazole rings is 1. The Morgan fingerprint density at radius 2 is 1.92 bits per heavy atom. The predicted octanol–water partition coefficient (Wildman–Crippen LogP) is 4.13. The maximum atomic E-state index is 13.8. The van der Waals surface area contributed by atoms with E-state index >= 15 is 0 Å². The van der Waals surface area contributed by atoms with Gasteiger partial charge in [-0.05, 0) is 48.9 Å². The van der Waals surface area contributed by atoms with E-state index in [1.54, 1.807) is 43.8 Å². The van der Waals surface area contributed by atoms with Crippen molar-refractivity contribution in [3.63, 3.8) is 0 Å². The molecule has 0 aliphatic heterocycles. The molecule has 0 atom stereocenters. The number of ether oxygens (including phenoxy) is 1. The van der Waals surface area contributed by atoms with E-state index in [4.69, 9.17) is 4.74 Å². The molecule has 37 heavy (non-hydrogen) atoms. The molecule has 0 unspecified atom stereocenters. The minimum atomic E-state index is -0.506. The molecule has 0 radical (unpaired) electrons. The summed E-state index contributed by atoms with van der Waals surface area (Å²) < 4.78 is 20.7. The number of pyridine rings is 1. The number of H-pyrrole nitrogens is 1. The van der Waals surface area contributed by atoms with Gasteiger partial charge in [-0.1, -0.05) is 0 Å². The molecule has 0 aliphatic carbocycles. The number of aryl methyl sites for hydroxylation is 1. The Labute approximate surface area is 210 Å². The number of amides is 2. The van der Waals surface area contributed by atoms with E-state index in [2.05, 4.69) is 25.5 Å². The zero-order valence-electron chi connectivity index (χ0n) is 20.2. The van der Waals surface area contributed by atoms with Crippen molar-refractivity contribution in [1.82, 2.24) is 24.7 Å². The number of benzene rings is 2. The molecule has 0 spiro atoms. The largest absolute Gasteiger partial charge is 0.494 e.